The van der Waals surface area contributed by atoms with Crippen molar-refractivity contribution in [1.82, 2.24) is 4.31 Å². The molecule has 0 saturated carbocycles. The molecule has 9 nitrogen and oxygen atoms in total. The summed E-state index contributed by atoms with van der Waals surface area (Å²) in [5.41, 5.74) is 1.14. The smallest absolute Gasteiger partial charge is 0.243 e. The third-order valence-electron chi connectivity index (χ3n) is 5.30. The van der Waals surface area contributed by atoms with E-state index in [-0.39, 0.29) is 36.4 Å². The molecule has 0 bridgehead atoms. The van der Waals surface area contributed by atoms with Crippen LogP contribution in [0.5, 0.6) is 17.2 Å². The van der Waals surface area contributed by atoms with Crippen LogP contribution < -0.4 is 19.5 Å². The summed E-state index contributed by atoms with van der Waals surface area (Å²) < 4.78 is 49.4. The van der Waals surface area contributed by atoms with Gasteiger partial charge in [-0.15, -0.1) is 0 Å². The van der Waals surface area contributed by atoms with Crippen molar-refractivity contribution >= 4 is 21.6 Å². The van der Waals surface area contributed by atoms with E-state index in [0.717, 1.165) is 5.56 Å². The molecule has 10 heteroatoms. The minimum atomic E-state index is -3.72. The van der Waals surface area contributed by atoms with E-state index in [4.69, 9.17) is 18.9 Å². The molecule has 3 rings (SSSR count). The van der Waals surface area contributed by atoms with Crippen LogP contribution in [-0.2, 0) is 26.0 Å². The number of hydrogen-bond acceptors (Lipinski definition) is 7. The molecule has 2 aromatic carbocycles. The van der Waals surface area contributed by atoms with Crippen molar-refractivity contribution in [2.24, 2.45) is 0 Å². The number of rotatable bonds is 10. The molecule has 0 unspecified atom stereocenters. The van der Waals surface area contributed by atoms with Gasteiger partial charge < -0.3 is 24.3 Å². The highest BCUT2D eigenvalue weighted by molar-refractivity contribution is 7.89. The lowest BCUT2D eigenvalue weighted by Gasteiger charge is -2.26. The molecule has 1 fully saturated rings. The Morgan fingerprint density at radius 2 is 1.82 bits per heavy atom. The van der Waals surface area contributed by atoms with Gasteiger partial charge in [0, 0.05) is 19.5 Å². The summed E-state index contributed by atoms with van der Waals surface area (Å²) in [4.78, 5) is 12.9. The Morgan fingerprint density at radius 1 is 1.09 bits per heavy atom. The van der Waals surface area contributed by atoms with Gasteiger partial charge in [0.05, 0.1) is 44.1 Å². The highest BCUT2D eigenvalue weighted by Gasteiger charge is 2.27. The van der Waals surface area contributed by atoms with Gasteiger partial charge in [0.1, 0.15) is 5.75 Å². The highest BCUT2D eigenvalue weighted by Crippen LogP contribution is 2.33. The lowest BCUT2D eigenvalue weighted by molar-refractivity contribution is -0.116. The van der Waals surface area contributed by atoms with Crippen molar-refractivity contribution in [3.05, 3.63) is 42.0 Å². The summed E-state index contributed by atoms with van der Waals surface area (Å²) in [6, 6.07) is 10.0. The first-order chi connectivity index (χ1) is 16.3. The maximum absolute atomic E-state index is 13.1. The fourth-order valence-corrected chi connectivity index (χ4v) is 5.11. The van der Waals surface area contributed by atoms with Crippen LogP contribution >= 0.6 is 0 Å². The van der Waals surface area contributed by atoms with Crippen LogP contribution in [0, 0.1) is 0 Å². The first kappa shape index (κ1) is 25.8. The molecule has 1 N–H and O–H groups in total. The zero-order chi connectivity index (χ0) is 24.7. The van der Waals surface area contributed by atoms with Crippen molar-refractivity contribution in [1.29, 1.82) is 0 Å². The van der Waals surface area contributed by atoms with Crippen molar-refractivity contribution in [2.45, 2.75) is 37.7 Å². The highest BCUT2D eigenvalue weighted by atomic mass is 32.2. The molecule has 0 spiro atoms. The second kappa shape index (κ2) is 11.5. The Morgan fingerprint density at radius 3 is 2.47 bits per heavy atom. The number of benzene rings is 2. The van der Waals surface area contributed by atoms with Crippen molar-refractivity contribution in [2.75, 3.05) is 45.8 Å². The number of ether oxygens (including phenoxy) is 4. The predicted octanol–water partition coefficient (Wildman–Crippen LogP) is 3.08. The fraction of sp³-hybridized carbons (Fsp3) is 0.458. The number of aryl methyl sites for hydroxylation is 1. The number of methoxy groups -OCH3 is 2. The summed E-state index contributed by atoms with van der Waals surface area (Å²) in [6.45, 7) is 5.00. The first-order valence-electron chi connectivity index (χ1n) is 11.1. The van der Waals surface area contributed by atoms with Gasteiger partial charge in [-0.2, -0.15) is 4.31 Å². The molecule has 2 aromatic rings. The molecule has 0 radical (unpaired) electrons. The summed E-state index contributed by atoms with van der Waals surface area (Å²) in [5, 5.41) is 2.82. The largest absolute Gasteiger partial charge is 0.493 e. The molecular weight excluding hydrogens is 460 g/mol. The summed E-state index contributed by atoms with van der Waals surface area (Å²) in [7, 11) is -0.610. The van der Waals surface area contributed by atoms with Gasteiger partial charge in [0.2, 0.25) is 15.9 Å². The number of morpholine rings is 1. The van der Waals surface area contributed by atoms with Gasteiger partial charge in [0.25, 0.3) is 0 Å². The Balaban J connectivity index is 1.80. The maximum atomic E-state index is 13.1. The Kier molecular flexibility index (Phi) is 8.76. The second-order valence-corrected chi connectivity index (χ2v) is 9.98. The second-order valence-electron chi connectivity index (χ2n) is 8.04. The average molecular weight is 493 g/mol. The minimum absolute atomic E-state index is 0.0928. The standard InChI is InChI=1S/C24H32N2O7S/c1-17(2)33-21-10-9-19(34(28,29)26-12-14-32-15-13-26)16-20(21)25-23(27)11-8-18-6-5-7-22(30-3)24(18)31-4/h5-7,9-10,16-17H,8,11-15H2,1-4H3,(H,25,27). The number of hydrogen-bond donors (Lipinski definition) is 1. The number of nitrogens with zero attached hydrogens (tertiary/aromatic N) is 1. The lowest BCUT2D eigenvalue weighted by atomic mass is 10.1. The van der Waals surface area contributed by atoms with Gasteiger partial charge in [0.15, 0.2) is 11.5 Å². The number of amides is 1. The van der Waals surface area contributed by atoms with Crippen LogP contribution in [0.2, 0.25) is 0 Å². The molecule has 0 aromatic heterocycles. The monoisotopic (exact) mass is 492 g/mol. The van der Waals surface area contributed by atoms with Crippen LogP contribution in [0.15, 0.2) is 41.3 Å². The first-order valence-corrected chi connectivity index (χ1v) is 12.6. The molecule has 34 heavy (non-hydrogen) atoms. The lowest BCUT2D eigenvalue weighted by Crippen LogP contribution is -2.40. The molecular formula is C24H32N2O7S. The minimum Gasteiger partial charge on any atom is -0.493 e. The van der Waals surface area contributed by atoms with E-state index in [1.807, 2.05) is 26.0 Å². The van der Waals surface area contributed by atoms with E-state index in [9.17, 15) is 13.2 Å². The van der Waals surface area contributed by atoms with Gasteiger partial charge >= 0.3 is 0 Å². The number of carbonyl (C=O) groups is 1. The Labute approximate surface area is 201 Å². The Hall–Kier alpha value is -2.82. The number of carbonyl (C=O) groups excluding carboxylic acids is 1. The zero-order valence-corrected chi connectivity index (χ0v) is 20.8. The molecule has 0 atom stereocenters. The third kappa shape index (κ3) is 6.19. The van der Waals surface area contributed by atoms with E-state index in [0.29, 0.717) is 42.6 Å². The van der Waals surface area contributed by atoms with E-state index < -0.39 is 10.0 Å². The van der Waals surface area contributed by atoms with E-state index in [1.165, 1.54) is 16.4 Å². The number of para-hydroxylation sites is 1. The van der Waals surface area contributed by atoms with E-state index in [2.05, 4.69) is 5.32 Å². The molecule has 1 aliphatic rings. The Bertz CT molecular complexity index is 1100. The van der Waals surface area contributed by atoms with Crippen LogP contribution in [-0.4, -0.2) is 65.3 Å². The molecule has 1 saturated heterocycles. The molecule has 1 amide bonds. The number of anilines is 1. The quantitative estimate of drug-likeness (QED) is 0.544. The molecule has 1 aliphatic heterocycles. The van der Waals surface area contributed by atoms with E-state index >= 15 is 0 Å². The van der Waals surface area contributed by atoms with Crippen molar-refractivity contribution in [3.8, 4) is 17.2 Å². The summed E-state index contributed by atoms with van der Waals surface area (Å²) in [5.74, 6) is 1.30. The van der Waals surface area contributed by atoms with E-state index in [1.54, 1.807) is 26.4 Å². The molecule has 0 aliphatic carbocycles. The van der Waals surface area contributed by atoms with Gasteiger partial charge in [-0.1, -0.05) is 12.1 Å². The van der Waals surface area contributed by atoms with Crippen LogP contribution in [0.3, 0.4) is 0 Å². The average Bonchev–Trinajstić information content (AvgIpc) is 2.83. The normalized spacial score (nSPS) is 14.6. The summed E-state index contributed by atoms with van der Waals surface area (Å²) >= 11 is 0. The predicted molar refractivity (Wildman–Crippen MR) is 128 cm³/mol. The fourth-order valence-electron chi connectivity index (χ4n) is 3.67. The zero-order valence-electron chi connectivity index (χ0n) is 20.0. The third-order valence-corrected chi connectivity index (χ3v) is 7.20. The van der Waals surface area contributed by atoms with Gasteiger partial charge in [-0.05, 0) is 50.1 Å². The van der Waals surface area contributed by atoms with Gasteiger partial charge in [-0.3, -0.25) is 4.79 Å². The van der Waals surface area contributed by atoms with Crippen LogP contribution in [0.1, 0.15) is 25.8 Å². The van der Waals surface area contributed by atoms with Crippen molar-refractivity contribution < 1.29 is 32.2 Å². The number of nitrogens with one attached hydrogen (secondary N) is 1. The molecule has 186 valence electrons. The SMILES string of the molecule is COc1cccc(CCC(=O)Nc2cc(S(=O)(=O)N3CCOCC3)ccc2OC(C)C)c1OC. The molecule has 1 heterocycles. The topological polar surface area (TPSA) is 103 Å². The van der Waals surface area contributed by atoms with Gasteiger partial charge in [-0.25, -0.2) is 8.42 Å². The number of sulfonamides is 1. The maximum Gasteiger partial charge on any atom is 0.243 e. The van der Waals surface area contributed by atoms with Crippen LogP contribution in [0.4, 0.5) is 5.69 Å². The van der Waals surface area contributed by atoms with Crippen LogP contribution in [0.25, 0.3) is 0 Å². The summed E-state index contributed by atoms with van der Waals surface area (Å²) in [6.07, 6.45) is 0.419. The van der Waals surface area contributed by atoms with Crippen molar-refractivity contribution in [3.63, 3.8) is 0 Å².